The lowest BCUT2D eigenvalue weighted by Gasteiger charge is -2.21. The molecule has 4 rings (SSSR count). The van der Waals surface area contributed by atoms with E-state index in [0.717, 1.165) is 29.0 Å². The Kier molecular flexibility index (Phi) is 4.60. The molecule has 1 saturated heterocycles. The van der Waals surface area contributed by atoms with Gasteiger partial charge in [-0.15, -0.1) is 0 Å². The molecule has 9 heteroatoms. The fraction of sp³-hybridized carbons (Fsp3) is 0.300. The lowest BCUT2D eigenvalue weighted by molar-refractivity contribution is -0.137. The summed E-state index contributed by atoms with van der Waals surface area (Å²) in [4.78, 5) is 26.7. The van der Waals surface area contributed by atoms with Gasteiger partial charge in [0.25, 0.3) is 11.8 Å². The lowest BCUT2D eigenvalue weighted by atomic mass is 10.1. The van der Waals surface area contributed by atoms with E-state index in [-0.39, 0.29) is 6.54 Å². The van der Waals surface area contributed by atoms with Gasteiger partial charge in [-0.1, -0.05) is 36.4 Å². The molecule has 150 valence electrons. The van der Waals surface area contributed by atoms with E-state index in [1.165, 1.54) is 17.1 Å². The molecule has 1 fully saturated rings. The first-order chi connectivity index (χ1) is 13.8. The summed E-state index contributed by atoms with van der Waals surface area (Å²) in [7, 11) is 0. The predicted octanol–water partition coefficient (Wildman–Crippen LogP) is 3.76. The van der Waals surface area contributed by atoms with Gasteiger partial charge in [0.05, 0.1) is 17.8 Å². The molecule has 2 heterocycles. The first-order valence-electron chi connectivity index (χ1n) is 9.10. The van der Waals surface area contributed by atoms with E-state index < -0.39 is 35.6 Å². The highest BCUT2D eigenvalue weighted by molar-refractivity contribution is 6.25. The molecule has 0 radical (unpaired) electrons. The second-order valence-corrected chi connectivity index (χ2v) is 6.92. The molecule has 0 bridgehead atoms. The van der Waals surface area contributed by atoms with Gasteiger partial charge in [0, 0.05) is 0 Å². The van der Waals surface area contributed by atoms with Crippen LogP contribution in [-0.4, -0.2) is 28.9 Å². The van der Waals surface area contributed by atoms with Gasteiger partial charge in [-0.3, -0.25) is 14.6 Å². The normalized spacial score (nSPS) is 21.2. The number of rotatable bonds is 4. The van der Waals surface area contributed by atoms with Crippen molar-refractivity contribution in [2.45, 2.75) is 38.1 Å². The smallest absolute Gasteiger partial charge is 0.271 e. The maximum absolute atomic E-state index is 12.9. The lowest BCUT2D eigenvalue weighted by Crippen LogP contribution is -2.39. The molecule has 0 spiro atoms. The summed E-state index contributed by atoms with van der Waals surface area (Å²) >= 11 is 0. The van der Waals surface area contributed by atoms with Crippen LogP contribution < -0.4 is 4.90 Å². The van der Waals surface area contributed by atoms with Crippen molar-refractivity contribution in [2.75, 3.05) is 4.90 Å². The number of hydrogen-bond acceptors (Lipinski definition) is 5. The minimum absolute atomic E-state index is 0.0593. The van der Waals surface area contributed by atoms with Gasteiger partial charge < -0.3 is 0 Å². The Labute approximate surface area is 164 Å². The number of carbonyl (C=O) groups is 2. The largest absolute Gasteiger partial charge is 0.416 e. The van der Waals surface area contributed by atoms with E-state index in [9.17, 15) is 22.8 Å². The van der Waals surface area contributed by atoms with Crippen molar-refractivity contribution < 1.29 is 22.8 Å². The number of hydrogen-bond donors (Lipinski definition) is 0. The third-order valence-electron chi connectivity index (χ3n) is 5.06. The Morgan fingerprint density at radius 1 is 1.00 bits per heavy atom. The van der Waals surface area contributed by atoms with Crippen molar-refractivity contribution in [1.29, 1.82) is 0 Å². The molecule has 0 aliphatic carbocycles. The molecule has 6 nitrogen and oxygen atoms in total. The Hall–Kier alpha value is -3.23. The highest BCUT2D eigenvalue weighted by Gasteiger charge is 2.54. The molecular weight excluding hydrogens is 385 g/mol. The van der Waals surface area contributed by atoms with Crippen molar-refractivity contribution in [3.8, 4) is 0 Å². The van der Waals surface area contributed by atoms with E-state index in [2.05, 4.69) is 10.3 Å². The third kappa shape index (κ3) is 3.37. The Balaban J connectivity index is 1.57. The summed E-state index contributed by atoms with van der Waals surface area (Å²) in [5.41, 5.74) is 1.05. The number of imide groups is 1. The number of amides is 2. The van der Waals surface area contributed by atoms with Gasteiger partial charge in [0.15, 0.2) is 12.1 Å². The van der Waals surface area contributed by atoms with Crippen molar-refractivity contribution in [3.63, 3.8) is 0 Å². The molecule has 2 aliphatic heterocycles. The average molecular weight is 402 g/mol. The number of aryl methyl sites for hydroxylation is 1. The summed E-state index contributed by atoms with van der Waals surface area (Å²) in [6.07, 6.45) is -3.64. The van der Waals surface area contributed by atoms with E-state index in [1.54, 1.807) is 12.1 Å². The number of alkyl halides is 3. The van der Waals surface area contributed by atoms with Crippen LogP contribution in [0, 0.1) is 0 Å². The van der Waals surface area contributed by atoms with Gasteiger partial charge in [-0.2, -0.15) is 18.3 Å². The number of nitrogens with zero attached hydrogens (tertiary/aromatic N) is 4. The number of fused-ring (bicyclic) bond motifs is 1. The van der Waals surface area contributed by atoms with Crippen molar-refractivity contribution in [1.82, 2.24) is 5.01 Å². The molecule has 2 atom stereocenters. The molecular formula is C20H17F3N4O2. The summed E-state index contributed by atoms with van der Waals surface area (Å²) < 4.78 is 38.8. The Morgan fingerprint density at radius 3 is 2.38 bits per heavy atom. The molecule has 2 unspecified atom stereocenters. The number of carbonyl (C=O) groups excluding carboxylic acids is 2. The first kappa shape index (κ1) is 19.1. The number of benzene rings is 2. The second-order valence-electron chi connectivity index (χ2n) is 6.92. The van der Waals surface area contributed by atoms with Crippen LogP contribution in [0.5, 0.6) is 0 Å². The van der Waals surface area contributed by atoms with E-state index in [0.29, 0.717) is 11.3 Å². The highest BCUT2D eigenvalue weighted by Crippen LogP contribution is 2.34. The Morgan fingerprint density at radius 2 is 1.72 bits per heavy atom. The van der Waals surface area contributed by atoms with Crippen molar-refractivity contribution in [2.24, 2.45) is 10.3 Å². The number of halogens is 3. The zero-order chi connectivity index (χ0) is 20.8. The predicted molar refractivity (Wildman–Crippen MR) is 97.7 cm³/mol. The fourth-order valence-corrected chi connectivity index (χ4v) is 3.52. The molecule has 2 aromatic rings. The third-order valence-corrected chi connectivity index (χ3v) is 5.06. The first-order valence-corrected chi connectivity index (χ1v) is 9.10. The summed E-state index contributed by atoms with van der Waals surface area (Å²) in [5.74, 6) is -0.972. The molecule has 2 amide bonds. The molecule has 0 aromatic heterocycles. The molecule has 0 saturated carbocycles. The molecule has 0 N–H and O–H groups in total. The summed E-state index contributed by atoms with van der Waals surface area (Å²) in [6, 6.07) is 9.93. The van der Waals surface area contributed by atoms with E-state index >= 15 is 0 Å². The second kappa shape index (κ2) is 6.98. The van der Waals surface area contributed by atoms with Gasteiger partial charge in [-0.25, -0.2) is 4.90 Å². The van der Waals surface area contributed by atoms with Crippen LogP contribution >= 0.6 is 0 Å². The van der Waals surface area contributed by atoms with E-state index in [4.69, 9.17) is 0 Å². The van der Waals surface area contributed by atoms with Gasteiger partial charge in [-0.05, 0) is 41.8 Å². The maximum atomic E-state index is 12.9. The Bertz CT molecular complexity index is 988. The zero-order valence-electron chi connectivity index (χ0n) is 15.4. The monoisotopic (exact) mass is 402 g/mol. The quantitative estimate of drug-likeness (QED) is 0.732. The number of anilines is 1. The SMILES string of the molecule is CCc1ccc(N2C(=O)C3N=NN(Cc4cccc(C(F)(F)F)c4)C3C2=O)cc1. The highest BCUT2D eigenvalue weighted by atomic mass is 19.4. The van der Waals surface area contributed by atoms with Gasteiger partial charge in [0.2, 0.25) is 0 Å². The fourth-order valence-electron chi connectivity index (χ4n) is 3.52. The van der Waals surface area contributed by atoms with Crippen LogP contribution in [0.4, 0.5) is 18.9 Å². The topological polar surface area (TPSA) is 65.3 Å². The standard InChI is InChI=1S/C20H17F3N4O2/c1-2-12-6-8-15(9-7-12)27-18(28)16-17(19(27)29)26(25-24-16)11-13-4-3-5-14(10-13)20(21,22)23/h3-10,16-17H,2,11H2,1H3. The molecule has 29 heavy (non-hydrogen) atoms. The average Bonchev–Trinajstić information content (AvgIpc) is 3.21. The summed E-state index contributed by atoms with van der Waals surface area (Å²) in [5, 5.41) is 9.06. The van der Waals surface area contributed by atoms with Gasteiger partial charge >= 0.3 is 6.18 Å². The van der Waals surface area contributed by atoms with Crippen LogP contribution in [0.2, 0.25) is 0 Å². The summed E-state index contributed by atoms with van der Waals surface area (Å²) in [6.45, 7) is 1.94. The maximum Gasteiger partial charge on any atom is 0.416 e. The van der Waals surface area contributed by atoms with Crippen LogP contribution in [0.1, 0.15) is 23.6 Å². The minimum Gasteiger partial charge on any atom is -0.271 e. The van der Waals surface area contributed by atoms with Crippen LogP contribution in [0.15, 0.2) is 58.9 Å². The molecule has 2 aliphatic rings. The van der Waals surface area contributed by atoms with Crippen LogP contribution in [0.25, 0.3) is 0 Å². The van der Waals surface area contributed by atoms with Crippen molar-refractivity contribution in [3.05, 3.63) is 65.2 Å². The zero-order valence-corrected chi connectivity index (χ0v) is 15.4. The molecule has 2 aromatic carbocycles. The van der Waals surface area contributed by atoms with Gasteiger partial charge in [0.1, 0.15) is 0 Å². The van der Waals surface area contributed by atoms with Crippen molar-refractivity contribution >= 4 is 17.5 Å². The minimum atomic E-state index is -4.47. The van der Waals surface area contributed by atoms with E-state index in [1.807, 2.05) is 19.1 Å². The van der Waals surface area contributed by atoms with Crippen LogP contribution in [-0.2, 0) is 28.7 Å². The van der Waals surface area contributed by atoms with Crippen LogP contribution in [0.3, 0.4) is 0 Å².